The number of methoxy groups -OCH3 is 3. The predicted molar refractivity (Wildman–Crippen MR) is 118 cm³/mol. The Balaban J connectivity index is 1.79. The van der Waals surface area contributed by atoms with Crippen molar-refractivity contribution in [2.75, 3.05) is 32.4 Å². The van der Waals surface area contributed by atoms with Gasteiger partial charge in [-0.3, -0.25) is 4.79 Å². The van der Waals surface area contributed by atoms with Crippen molar-refractivity contribution < 1.29 is 32.2 Å². The van der Waals surface area contributed by atoms with Crippen LogP contribution in [0.3, 0.4) is 0 Å². The smallest absolute Gasteiger partial charge is 0.433 e. The maximum Gasteiger partial charge on any atom is 0.433 e. The van der Waals surface area contributed by atoms with E-state index in [0.29, 0.717) is 28.5 Å². The van der Waals surface area contributed by atoms with Crippen LogP contribution in [0.5, 0.6) is 17.2 Å². The molecule has 1 aromatic heterocycles. The molecular formula is C22H20F3N3O4S. The first kappa shape index (κ1) is 24.2. The Bertz CT molecular complexity index is 1100. The maximum atomic E-state index is 13.3. The van der Waals surface area contributed by atoms with Gasteiger partial charge in [0.05, 0.1) is 32.8 Å². The molecule has 0 saturated heterocycles. The van der Waals surface area contributed by atoms with Crippen molar-refractivity contribution in [1.82, 2.24) is 9.97 Å². The zero-order chi connectivity index (χ0) is 24.0. The second-order valence-corrected chi connectivity index (χ2v) is 7.48. The summed E-state index contributed by atoms with van der Waals surface area (Å²) in [4.78, 5) is 20.2. The molecule has 174 valence electrons. The number of carbonyl (C=O) groups excluding carboxylic acids is 1. The average Bonchev–Trinajstić information content (AvgIpc) is 2.81. The zero-order valence-electron chi connectivity index (χ0n) is 17.9. The minimum absolute atomic E-state index is 0.116. The van der Waals surface area contributed by atoms with Gasteiger partial charge in [0.15, 0.2) is 16.7 Å². The SMILES string of the molecule is COc1cc(NC(=O)CSc2nc(-c3ccccc3)cc(C(F)(F)F)n2)cc(OC)c1OC. The number of benzene rings is 2. The van der Waals surface area contributed by atoms with E-state index in [1.807, 2.05) is 0 Å². The molecule has 0 bridgehead atoms. The number of aromatic nitrogens is 2. The van der Waals surface area contributed by atoms with Gasteiger partial charge in [-0.1, -0.05) is 42.1 Å². The quantitative estimate of drug-likeness (QED) is 0.363. The second kappa shape index (κ2) is 10.4. The van der Waals surface area contributed by atoms with E-state index in [0.717, 1.165) is 17.8 Å². The highest BCUT2D eigenvalue weighted by atomic mass is 32.2. The largest absolute Gasteiger partial charge is 0.493 e. The summed E-state index contributed by atoms with van der Waals surface area (Å²) in [5.41, 5.74) is -0.0893. The third kappa shape index (κ3) is 6.07. The van der Waals surface area contributed by atoms with Crippen LogP contribution in [-0.2, 0) is 11.0 Å². The highest BCUT2D eigenvalue weighted by molar-refractivity contribution is 7.99. The first-order valence-electron chi connectivity index (χ1n) is 9.49. The molecule has 0 aliphatic heterocycles. The molecule has 1 N–H and O–H groups in total. The minimum atomic E-state index is -4.65. The van der Waals surface area contributed by atoms with Gasteiger partial charge < -0.3 is 19.5 Å². The number of amides is 1. The summed E-state index contributed by atoms with van der Waals surface area (Å²) in [5, 5.41) is 2.49. The van der Waals surface area contributed by atoms with Gasteiger partial charge in [-0.25, -0.2) is 9.97 Å². The number of ether oxygens (including phenoxy) is 3. The van der Waals surface area contributed by atoms with E-state index in [2.05, 4.69) is 15.3 Å². The highest BCUT2D eigenvalue weighted by Crippen LogP contribution is 2.40. The number of rotatable bonds is 8. The van der Waals surface area contributed by atoms with Crippen LogP contribution in [0.4, 0.5) is 18.9 Å². The fourth-order valence-corrected chi connectivity index (χ4v) is 3.53. The number of alkyl halides is 3. The van der Waals surface area contributed by atoms with Crippen molar-refractivity contribution in [1.29, 1.82) is 0 Å². The average molecular weight is 479 g/mol. The fraction of sp³-hybridized carbons (Fsp3) is 0.227. The molecule has 2 aromatic carbocycles. The lowest BCUT2D eigenvalue weighted by molar-refractivity contribution is -0.141. The van der Waals surface area contributed by atoms with Crippen molar-refractivity contribution in [3.63, 3.8) is 0 Å². The molecule has 0 aliphatic rings. The van der Waals surface area contributed by atoms with Crippen LogP contribution in [0.15, 0.2) is 53.7 Å². The number of thioether (sulfide) groups is 1. The van der Waals surface area contributed by atoms with Crippen molar-refractivity contribution in [2.24, 2.45) is 0 Å². The van der Waals surface area contributed by atoms with Gasteiger partial charge >= 0.3 is 6.18 Å². The van der Waals surface area contributed by atoms with Crippen molar-refractivity contribution in [2.45, 2.75) is 11.3 Å². The van der Waals surface area contributed by atoms with Crippen LogP contribution in [-0.4, -0.2) is 43.0 Å². The fourth-order valence-electron chi connectivity index (χ4n) is 2.87. The number of hydrogen-bond acceptors (Lipinski definition) is 7. The van der Waals surface area contributed by atoms with Gasteiger partial charge in [0, 0.05) is 23.4 Å². The molecule has 3 aromatic rings. The van der Waals surface area contributed by atoms with E-state index in [1.54, 1.807) is 30.3 Å². The van der Waals surface area contributed by atoms with Crippen molar-refractivity contribution in [3.05, 3.63) is 54.2 Å². The molecule has 0 atom stereocenters. The van der Waals surface area contributed by atoms with E-state index in [-0.39, 0.29) is 16.6 Å². The predicted octanol–water partition coefficient (Wildman–Crippen LogP) is 4.92. The molecule has 1 amide bonds. The molecule has 0 unspecified atom stereocenters. The number of halogens is 3. The summed E-state index contributed by atoms with van der Waals surface area (Å²) >= 11 is 0.793. The molecule has 0 fully saturated rings. The molecule has 1 heterocycles. The lowest BCUT2D eigenvalue weighted by atomic mass is 10.1. The first-order valence-corrected chi connectivity index (χ1v) is 10.5. The molecule has 0 aliphatic carbocycles. The summed E-state index contributed by atoms with van der Waals surface area (Å²) in [6.07, 6.45) is -4.65. The lowest BCUT2D eigenvalue weighted by Crippen LogP contribution is -2.15. The Hall–Kier alpha value is -3.47. The number of carbonyl (C=O) groups is 1. The van der Waals surface area contributed by atoms with Crippen molar-refractivity contribution >= 4 is 23.4 Å². The molecular weight excluding hydrogens is 459 g/mol. The van der Waals surface area contributed by atoms with Gasteiger partial charge in [0.2, 0.25) is 11.7 Å². The Morgan fingerprint density at radius 3 is 2.15 bits per heavy atom. The third-order valence-corrected chi connectivity index (χ3v) is 5.19. The van der Waals surface area contributed by atoms with Crippen LogP contribution >= 0.6 is 11.8 Å². The molecule has 7 nitrogen and oxygen atoms in total. The van der Waals surface area contributed by atoms with Gasteiger partial charge in [0.1, 0.15) is 5.69 Å². The van der Waals surface area contributed by atoms with E-state index < -0.39 is 17.8 Å². The Labute approximate surface area is 192 Å². The second-order valence-electron chi connectivity index (χ2n) is 6.54. The molecule has 11 heteroatoms. The van der Waals surface area contributed by atoms with E-state index in [9.17, 15) is 18.0 Å². The normalized spacial score (nSPS) is 11.1. The number of anilines is 1. The number of nitrogens with one attached hydrogen (secondary N) is 1. The van der Waals surface area contributed by atoms with Gasteiger partial charge in [0.25, 0.3) is 0 Å². The Morgan fingerprint density at radius 1 is 0.970 bits per heavy atom. The third-order valence-electron chi connectivity index (χ3n) is 4.35. The van der Waals surface area contributed by atoms with E-state index in [4.69, 9.17) is 14.2 Å². The van der Waals surface area contributed by atoms with Crippen LogP contribution in [0.1, 0.15) is 5.69 Å². The zero-order valence-corrected chi connectivity index (χ0v) is 18.7. The van der Waals surface area contributed by atoms with E-state index in [1.165, 1.54) is 33.5 Å². The van der Waals surface area contributed by atoms with Gasteiger partial charge in [-0.05, 0) is 6.07 Å². The maximum absolute atomic E-state index is 13.3. The number of hydrogen-bond donors (Lipinski definition) is 1. The molecule has 33 heavy (non-hydrogen) atoms. The minimum Gasteiger partial charge on any atom is -0.493 e. The first-order chi connectivity index (χ1) is 15.7. The number of nitrogens with zero attached hydrogens (tertiary/aromatic N) is 2. The molecule has 0 spiro atoms. The summed E-state index contributed by atoms with van der Waals surface area (Å²) in [5.74, 6) is 0.350. The Morgan fingerprint density at radius 2 is 1.61 bits per heavy atom. The van der Waals surface area contributed by atoms with Crippen LogP contribution < -0.4 is 19.5 Å². The summed E-state index contributed by atoms with van der Waals surface area (Å²) in [7, 11) is 4.33. The molecule has 0 saturated carbocycles. The topological polar surface area (TPSA) is 82.6 Å². The summed E-state index contributed by atoms with van der Waals surface area (Å²) < 4.78 is 55.7. The molecule has 0 radical (unpaired) electrons. The van der Waals surface area contributed by atoms with E-state index >= 15 is 0 Å². The van der Waals surface area contributed by atoms with Crippen molar-refractivity contribution in [3.8, 4) is 28.5 Å². The van der Waals surface area contributed by atoms with Gasteiger partial charge in [-0.15, -0.1) is 0 Å². The Kier molecular flexibility index (Phi) is 7.64. The highest BCUT2D eigenvalue weighted by Gasteiger charge is 2.34. The van der Waals surface area contributed by atoms with Crippen LogP contribution in [0, 0.1) is 0 Å². The van der Waals surface area contributed by atoms with Crippen LogP contribution in [0.25, 0.3) is 11.3 Å². The lowest BCUT2D eigenvalue weighted by Gasteiger charge is -2.14. The summed E-state index contributed by atoms with van der Waals surface area (Å²) in [6.45, 7) is 0. The summed E-state index contributed by atoms with van der Waals surface area (Å²) in [6, 6.07) is 12.4. The monoisotopic (exact) mass is 479 g/mol. The molecule has 3 rings (SSSR count). The van der Waals surface area contributed by atoms with Crippen LogP contribution in [0.2, 0.25) is 0 Å². The van der Waals surface area contributed by atoms with Gasteiger partial charge in [-0.2, -0.15) is 13.2 Å². The standard InChI is InChI=1S/C22H20F3N3O4S/c1-30-16-9-14(10-17(31-2)20(16)32-3)26-19(29)12-33-21-27-15(13-7-5-4-6-8-13)11-18(28-21)22(23,24)25/h4-11H,12H2,1-3H3,(H,26,29).